The Balaban J connectivity index is 2.23. The van der Waals surface area contributed by atoms with Crippen LogP contribution >= 0.6 is 0 Å². The van der Waals surface area contributed by atoms with E-state index in [1.165, 1.54) is 0 Å². The number of carbonyl (C=O) groups excluding carboxylic acids is 1. The average molecular weight is 271 g/mol. The molecular weight excluding hydrogens is 250 g/mol. The highest BCUT2D eigenvalue weighted by Crippen LogP contribution is 2.10. The number of nitrogens with zero attached hydrogens (tertiary/aromatic N) is 1. The fourth-order valence-corrected chi connectivity index (χ4v) is 1.91. The molecule has 19 heavy (non-hydrogen) atoms. The number of aliphatic carboxylic acids is 1. The van der Waals surface area contributed by atoms with Gasteiger partial charge in [0.15, 0.2) is 0 Å². The third-order valence-corrected chi connectivity index (χ3v) is 2.81. The molecule has 6 nitrogen and oxygen atoms in total. The Kier molecular flexibility index (Phi) is 7.14. The fourth-order valence-electron chi connectivity index (χ4n) is 1.91. The highest BCUT2D eigenvalue weighted by Gasteiger charge is 2.25. The van der Waals surface area contributed by atoms with E-state index in [0.29, 0.717) is 45.8 Å². The molecule has 1 N–H and O–H groups in total. The van der Waals surface area contributed by atoms with E-state index in [1.807, 2.05) is 0 Å². The maximum absolute atomic E-state index is 11.9. The predicted octanol–water partition coefficient (Wildman–Crippen LogP) is 0.671. The first-order valence-corrected chi connectivity index (χ1v) is 6.43. The molecule has 0 spiro atoms. The molecular formula is C13H21NO5. The minimum Gasteiger partial charge on any atom is -0.481 e. The second-order valence-corrected chi connectivity index (χ2v) is 4.40. The molecule has 0 aromatic rings. The Labute approximate surface area is 113 Å². The Morgan fingerprint density at radius 3 is 3.00 bits per heavy atom. The summed E-state index contributed by atoms with van der Waals surface area (Å²) >= 11 is 0. The molecule has 1 aliphatic rings. The largest absolute Gasteiger partial charge is 0.481 e. The van der Waals surface area contributed by atoms with Crippen LogP contribution in [-0.4, -0.2) is 60.9 Å². The van der Waals surface area contributed by atoms with Crippen LogP contribution in [-0.2, 0) is 19.1 Å². The summed E-state index contributed by atoms with van der Waals surface area (Å²) in [6, 6.07) is 0. The van der Waals surface area contributed by atoms with Crippen LogP contribution in [0.15, 0.2) is 12.7 Å². The maximum Gasteiger partial charge on any atom is 0.306 e. The van der Waals surface area contributed by atoms with Crippen LogP contribution in [0.2, 0.25) is 0 Å². The molecule has 0 bridgehead atoms. The third-order valence-electron chi connectivity index (χ3n) is 2.81. The van der Waals surface area contributed by atoms with Crippen LogP contribution in [0, 0.1) is 0 Å². The van der Waals surface area contributed by atoms with Gasteiger partial charge in [-0.1, -0.05) is 6.08 Å². The van der Waals surface area contributed by atoms with Crippen molar-refractivity contribution in [2.24, 2.45) is 0 Å². The summed E-state index contributed by atoms with van der Waals surface area (Å²) in [4.78, 5) is 24.2. The van der Waals surface area contributed by atoms with Crippen molar-refractivity contribution in [1.29, 1.82) is 0 Å². The molecule has 1 saturated heterocycles. The zero-order valence-electron chi connectivity index (χ0n) is 11.0. The highest BCUT2D eigenvalue weighted by molar-refractivity contribution is 5.76. The lowest BCUT2D eigenvalue weighted by atomic mass is 10.2. The summed E-state index contributed by atoms with van der Waals surface area (Å²) in [5.41, 5.74) is 0. The van der Waals surface area contributed by atoms with Gasteiger partial charge in [0.25, 0.3) is 0 Å². The summed E-state index contributed by atoms with van der Waals surface area (Å²) in [6.45, 7) is 5.85. The monoisotopic (exact) mass is 271 g/mol. The van der Waals surface area contributed by atoms with Crippen molar-refractivity contribution in [1.82, 2.24) is 4.90 Å². The summed E-state index contributed by atoms with van der Waals surface area (Å²) in [7, 11) is 0. The van der Waals surface area contributed by atoms with Crippen LogP contribution in [0.5, 0.6) is 0 Å². The van der Waals surface area contributed by atoms with E-state index in [2.05, 4.69) is 6.58 Å². The van der Waals surface area contributed by atoms with Crippen molar-refractivity contribution in [3.8, 4) is 0 Å². The lowest BCUT2D eigenvalue weighted by Crippen LogP contribution is -2.46. The number of carbonyl (C=O) groups is 2. The number of amides is 1. The van der Waals surface area contributed by atoms with E-state index in [-0.39, 0.29) is 12.3 Å². The Morgan fingerprint density at radius 1 is 1.53 bits per heavy atom. The van der Waals surface area contributed by atoms with Crippen LogP contribution in [0.3, 0.4) is 0 Å². The van der Waals surface area contributed by atoms with Crippen LogP contribution in [0.4, 0.5) is 0 Å². The molecule has 1 heterocycles. The minimum absolute atomic E-state index is 0.0286. The number of carboxylic acids is 1. The van der Waals surface area contributed by atoms with E-state index >= 15 is 0 Å². The van der Waals surface area contributed by atoms with Gasteiger partial charge in [0.1, 0.15) is 0 Å². The van der Waals surface area contributed by atoms with Crippen molar-refractivity contribution >= 4 is 11.9 Å². The predicted molar refractivity (Wildman–Crippen MR) is 68.8 cm³/mol. The van der Waals surface area contributed by atoms with Crippen molar-refractivity contribution in [2.75, 3.05) is 32.9 Å². The van der Waals surface area contributed by atoms with E-state index in [0.717, 1.165) is 0 Å². The topological polar surface area (TPSA) is 76.1 Å². The highest BCUT2D eigenvalue weighted by atomic mass is 16.5. The summed E-state index contributed by atoms with van der Waals surface area (Å²) in [6.07, 6.45) is 2.28. The molecule has 0 aliphatic carbocycles. The molecule has 6 heteroatoms. The van der Waals surface area contributed by atoms with Gasteiger partial charge in [0, 0.05) is 26.1 Å². The summed E-state index contributed by atoms with van der Waals surface area (Å²) < 4.78 is 10.5. The number of hydrogen-bond acceptors (Lipinski definition) is 4. The van der Waals surface area contributed by atoms with Gasteiger partial charge < -0.3 is 19.5 Å². The molecule has 1 atom stereocenters. The Hall–Kier alpha value is -1.40. The van der Waals surface area contributed by atoms with E-state index in [1.54, 1.807) is 11.0 Å². The van der Waals surface area contributed by atoms with Gasteiger partial charge in [-0.15, -0.1) is 6.58 Å². The first-order chi connectivity index (χ1) is 9.13. The zero-order valence-corrected chi connectivity index (χ0v) is 11.0. The van der Waals surface area contributed by atoms with Gasteiger partial charge in [-0.05, 0) is 6.42 Å². The molecule has 0 radical (unpaired) electrons. The maximum atomic E-state index is 11.9. The van der Waals surface area contributed by atoms with E-state index in [9.17, 15) is 9.59 Å². The molecule has 1 fully saturated rings. The SMILES string of the molecule is C=CCOCCCC(=O)N1CCOC(CC(=O)O)C1. The van der Waals surface area contributed by atoms with Gasteiger partial charge >= 0.3 is 5.97 Å². The van der Waals surface area contributed by atoms with Crippen molar-refractivity contribution in [3.63, 3.8) is 0 Å². The van der Waals surface area contributed by atoms with Crippen LogP contribution in [0.1, 0.15) is 19.3 Å². The molecule has 1 unspecified atom stereocenters. The quantitative estimate of drug-likeness (QED) is 0.519. The molecule has 108 valence electrons. The molecule has 0 aromatic heterocycles. The average Bonchev–Trinajstić information content (AvgIpc) is 2.38. The van der Waals surface area contributed by atoms with Crippen LogP contribution in [0.25, 0.3) is 0 Å². The van der Waals surface area contributed by atoms with Crippen LogP contribution < -0.4 is 0 Å². The minimum atomic E-state index is -0.905. The molecule has 0 aromatic carbocycles. The lowest BCUT2D eigenvalue weighted by Gasteiger charge is -2.32. The molecule has 1 aliphatic heterocycles. The Morgan fingerprint density at radius 2 is 2.32 bits per heavy atom. The third kappa shape index (κ3) is 6.35. The number of morpholine rings is 1. The van der Waals surface area contributed by atoms with Crippen molar-refractivity contribution in [3.05, 3.63) is 12.7 Å². The summed E-state index contributed by atoms with van der Waals surface area (Å²) in [5, 5.41) is 8.71. The van der Waals surface area contributed by atoms with E-state index < -0.39 is 12.1 Å². The van der Waals surface area contributed by atoms with Gasteiger partial charge in [0.2, 0.25) is 5.91 Å². The second kappa shape index (κ2) is 8.66. The van der Waals surface area contributed by atoms with E-state index in [4.69, 9.17) is 14.6 Å². The Bertz CT molecular complexity index is 318. The smallest absolute Gasteiger partial charge is 0.306 e. The zero-order chi connectivity index (χ0) is 14.1. The van der Waals surface area contributed by atoms with Gasteiger partial charge in [-0.25, -0.2) is 0 Å². The van der Waals surface area contributed by atoms with Crippen molar-refractivity contribution in [2.45, 2.75) is 25.4 Å². The number of rotatable bonds is 8. The number of carboxylic acid groups (broad SMARTS) is 1. The molecule has 1 rings (SSSR count). The number of ether oxygens (including phenoxy) is 2. The van der Waals surface area contributed by atoms with Crippen molar-refractivity contribution < 1.29 is 24.2 Å². The normalized spacial score (nSPS) is 19.2. The first kappa shape index (κ1) is 15.7. The molecule has 0 saturated carbocycles. The van der Waals surface area contributed by atoms with Gasteiger partial charge in [-0.2, -0.15) is 0 Å². The molecule has 1 amide bonds. The lowest BCUT2D eigenvalue weighted by molar-refractivity contribution is -0.147. The second-order valence-electron chi connectivity index (χ2n) is 4.40. The standard InChI is InChI=1S/C13H21NO5/c1-2-6-18-7-3-4-12(15)14-5-8-19-11(10-14)9-13(16)17/h2,11H,1,3-10H2,(H,16,17). The fraction of sp³-hybridized carbons (Fsp3) is 0.692. The van der Waals surface area contributed by atoms with Gasteiger partial charge in [0.05, 0.1) is 25.7 Å². The summed E-state index contributed by atoms with van der Waals surface area (Å²) in [5.74, 6) is -0.877. The number of hydrogen-bond donors (Lipinski definition) is 1. The van der Waals surface area contributed by atoms with Gasteiger partial charge in [-0.3, -0.25) is 9.59 Å². The first-order valence-electron chi connectivity index (χ1n) is 6.43.